The lowest BCUT2D eigenvalue weighted by Gasteiger charge is -2.45. The molecule has 1 aliphatic heterocycles. The normalized spacial score (nSPS) is 18.9. The number of hydrogen-bond donors (Lipinski definition) is 3. The molecule has 22 heteroatoms. The number of nitrogens with zero attached hydrogens (tertiary/aromatic N) is 1. The molecular weight excluding hydrogens is 948 g/mol. The minimum absolute atomic E-state index is 0. The monoisotopic (exact) mass is 1010 g/mol. The van der Waals surface area contributed by atoms with Gasteiger partial charge in [-0.05, 0) is 44.0 Å². The number of alkyl carbamates (subject to hydrolysis) is 1. The van der Waals surface area contributed by atoms with Crippen LogP contribution in [0, 0.1) is 0 Å². The van der Waals surface area contributed by atoms with Gasteiger partial charge in [0.15, 0.2) is 24.5 Å². The fourth-order valence-corrected chi connectivity index (χ4v) is 6.02. The number of likely N-dealkylation sites (N-methyl/N-ethyl adjacent to an activating group) is 1. The Bertz CT molecular complexity index is 1970. The van der Waals surface area contributed by atoms with Crippen molar-refractivity contribution in [2.45, 2.75) is 110 Å². The number of nitrogens with one attached hydrogen (secondary N) is 3. The molecule has 21 nitrogen and oxygen atoms in total. The van der Waals surface area contributed by atoms with E-state index in [0.717, 1.165) is 33.3 Å². The predicted octanol–water partition coefficient (Wildman–Crippen LogP) is -1.34. The van der Waals surface area contributed by atoms with Gasteiger partial charge in [0.1, 0.15) is 50.3 Å². The van der Waals surface area contributed by atoms with Gasteiger partial charge in [-0.1, -0.05) is 42.5 Å². The maximum atomic E-state index is 14.2. The van der Waals surface area contributed by atoms with Crippen molar-refractivity contribution in [2.75, 3.05) is 54.1 Å². The van der Waals surface area contributed by atoms with Gasteiger partial charge in [-0.15, -0.1) is 0 Å². The number of esters is 5. The molecule has 0 spiro atoms. The zero-order valence-corrected chi connectivity index (χ0v) is 41.0. The van der Waals surface area contributed by atoms with Gasteiger partial charge in [-0.3, -0.25) is 28.8 Å². The fourth-order valence-electron chi connectivity index (χ4n) is 6.02. The van der Waals surface area contributed by atoms with Gasteiger partial charge in [0, 0.05) is 27.7 Å². The average molecular weight is 1010 g/mol. The molecular formula is C45H63BrN4O17. The van der Waals surface area contributed by atoms with Crippen LogP contribution in [0.2, 0.25) is 0 Å². The summed E-state index contributed by atoms with van der Waals surface area (Å²) in [6.07, 6.45) is -6.95. The lowest BCUT2D eigenvalue weighted by Crippen LogP contribution is -3.00. The number of hydrogen-bond acceptors (Lipinski definition) is 17. The van der Waals surface area contributed by atoms with Crippen LogP contribution >= 0.6 is 0 Å². The molecule has 3 amide bonds. The van der Waals surface area contributed by atoms with Crippen molar-refractivity contribution in [2.24, 2.45) is 0 Å². The Hall–Kier alpha value is -5.68. The molecule has 1 saturated heterocycles. The summed E-state index contributed by atoms with van der Waals surface area (Å²) >= 11 is 0. The summed E-state index contributed by atoms with van der Waals surface area (Å²) < 4.78 is 50.9. The van der Waals surface area contributed by atoms with Gasteiger partial charge in [-0.25, -0.2) is 9.59 Å². The van der Waals surface area contributed by atoms with E-state index in [1.165, 1.54) is 12.1 Å². The second kappa shape index (κ2) is 27.2. The largest absolute Gasteiger partial charge is 1.00 e. The second-order valence-electron chi connectivity index (χ2n) is 17.3. The predicted molar refractivity (Wildman–Crippen MR) is 231 cm³/mol. The number of carbonyl (C=O) groups excluding carboxylic acids is 8. The highest BCUT2D eigenvalue weighted by Crippen LogP contribution is 2.28. The van der Waals surface area contributed by atoms with Crippen molar-refractivity contribution >= 4 is 47.8 Å². The Kier molecular flexibility index (Phi) is 23.3. The van der Waals surface area contributed by atoms with Gasteiger partial charge < -0.3 is 80.0 Å². The van der Waals surface area contributed by atoms with E-state index in [9.17, 15) is 38.4 Å². The van der Waals surface area contributed by atoms with Crippen LogP contribution in [-0.4, -0.2) is 155 Å². The van der Waals surface area contributed by atoms with Crippen LogP contribution < -0.4 is 37.7 Å². The van der Waals surface area contributed by atoms with E-state index in [2.05, 4.69) is 16.0 Å². The summed E-state index contributed by atoms with van der Waals surface area (Å²) in [5.41, 5.74) is 0.509. The second-order valence-corrected chi connectivity index (χ2v) is 17.3. The summed E-state index contributed by atoms with van der Waals surface area (Å²) in [4.78, 5) is 102. The molecule has 1 fully saturated rings. The zero-order chi connectivity index (χ0) is 49.2. The molecule has 0 bridgehead atoms. The SMILES string of the molecule is CC(=O)N[C@H]1[C@H](OC[C@H](NC(=O)OCc2ccc(OC(=O)Cc3ccccc3)cc2)C(=O)N[C@@H](COC(C)(C)C)C(=O)OCC[N+](C)(C)C)O[C@H](COC(C)=O)[C@@H](OC(C)=O)[C@@H]1OC(C)=O.[Br-]. The van der Waals surface area contributed by atoms with E-state index >= 15 is 0 Å². The van der Waals surface area contributed by atoms with E-state index in [0.29, 0.717) is 16.6 Å². The molecule has 1 heterocycles. The number of rotatable bonds is 22. The Balaban J connectivity index is 0.0000154. The highest BCUT2D eigenvalue weighted by atomic mass is 79.9. The molecule has 0 aromatic heterocycles. The highest BCUT2D eigenvalue weighted by molar-refractivity contribution is 5.90. The molecule has 1 aliphatic rings. The van der Waals surface area contributed by atoms with Crippen LogP contribution in [0.5, 0.6) is 5.75 Å². The van der Waals surface area contributed by atoms with Crippen molar-refractivity contribution < 1.29 is 102 Å². The number of quaternary nitrogens is 1. The molecule has 2 aromatic rings. The third-order valence-corrected chi connectivity index (χ3v) is 9.11. The van der Waals surface area contributed by atoms with Crippen LogP contribution in [0.3, 0.4) is 0 Å². The maximum absolute atomic E-state index is 14.2. The molecule has 0 unspecified atom stereocenters. The van der Waals surface area contributed by atoms with Crippen LogP contribution in [0.4, 0.5) is 4.79 Å². The highest BCUT2D eigenvalue weighted by Gasteiger charge is 2.51. The van der Waals surface area contributed by atoms with Gasteiger partial charge in [0.05, 0.1) is 46.4 Å². The lowest BCUT2D eigenvalue weighted by atomic mass is 9.96. The Labute approximate surface area is 400 Å². The van der Waals surface area contributed by atoms with Crippen molar-refractivity contribution in [3.05, 3.63) is 65.7 Å². The number of amides is 3. The molecule has 372 valence electrons. The average Bonchev–Trinajstić information content (AvgIpc) is 3.20. The smallest absolute Gasteiger partial charge is 0.408 e. The quantitative estimate of drug-likeness (QED) is 0.0534. The molecule has 3 rings (SSSR count). The number of benzene rings is 2. The standard InChI is InChI=1S/C45H62N4O17.BrH/c1-27(50)46-38-40(64-30(4)53)39(63-29(3)52)36(26-59-28(2)51)66-43(38)60-24-34(41(55)47-35(25-62-45(5,6)7)42(56)58-21-20-49(8,9)10)48-44(57)61-23-32-16-18-33(19-17-32)65-37(54)22-31-14-12-11-13-15-31;/h11-19,34-36,38-40,43H,20-26H2,1-10H3,(H2-,46,47,48,50,55,57);1H/t34-,35-,36+,38+,39+,40+,43+;/m0./s1. The van der Waals surface area contributed by atoms with E-state index in [4.69, 9.17) is 42.6 Å². The topological polar surface area (TPSA) is 256 Å². The molecule has 3 N–H and O–H groups in total. The van der Waals surface area contributed by atoms with Crippen LogP contribution in [0.25, 0.3) is 0 Å². The first-order chi connectivity index (χ1) is 30.9. The molecule has 0 aliphatic carbocycles. The van der Waals surface area contributed by atoms with Crippen LogP contribution in [0.1, 0.15) is 59.6 Å². The molecule has 0 radical (unpaired) electrons. The Morgan fingerprint density at radius 1 is 0.731 bits per heavy atom. The van der Waals surface area contributed by atoms with E-state index < -0.39 is 109 Å². The first kappa shape index (κ1) is 57.4. The minimum atomic E-state index is -1.67. The minimum Gasteiger partial charge on any atom is -1.00 e. The summed E-state index contributed by atoms with van der Waals surface area (Å²) in [6.45, 7) is 8.18. The molecule has 7 atom stereocenters. The first-order valence-electron chi connectivity index (χ1n) is 21.1. The van der Waals surface area contributed by atoms with Crippen molar-refractivity contribution in [1.29, 1.82) is 0 Å². The first-order valence-corrected chi connectivity index (χ1v) is 21.1. The van der Waals surface area contributed by atoms with Crippen LogP contribution in [-0.2, 0) is 84.5 Å². The van der Waals surface area contributed by atoms with Gasteiger partial charge in [-0.2, -0.15) is 0 Å². The summed E-state index contributed by atoms with van der Waals surface area (Å²) in [5, 5.41) is 7.54. The zero-order valence-electron chi connectivity index (χ0n) is 39.5. The van der Waals surface area contributed by atoms with Gasteiger partial charge >= 0.3 is 35.9 Å². The summed E-state index contributed by atoms with van der Waals surface area (Å²) in [7, 11) is 5.71. The summed E-state index contributed by atoms with van der Waals surface area (Å²) in [5.74, 6) is -5.09. The van der Waals surface area contributed by atoms with Gasteiger partial charge in [0.25, 0.3) is 0 Å². The number of halogens is 1. The molecule has 67 heavy (non-hydrogen) atoms. The Morgan fingerprint density at radius 3 is 1.93 bits per heavy atom. The van der Waals surface area contributed by atoms with Crippen molar-refractivity contribution in [3.63, 3.8) is 0 Å². The van der Waals surface area contributed by atoms with Crippen LogP contribution in [0.15, 0.2) is 54.6 Å². The van der Waals surface area contributed by atoms with E-state index in [-0.39, 0.29) is 49.0 Å². The molecule has 2 aromatic carbocycles. The molecule has 0 saturated carbocycles. The number of carbonyl (C=O) groups is 8. The summed E-state index contributed by atoms with van der Waals surface area (Å²) in [6, 6.07) is 10.7. The van der Waals surface area contributed by atoms with E-state index in [1.54, 1.807) is 45.0 Å². The van der Waals surface area contributed by atoms with Crippen molar-refractivity contribution in [3.8, 4) is 5.75 Å². The fraction of sp³-hybridized carbons (Fsp3) is 0.556. The Morgan fingerprint density at radius 2 is 1.36 bits per heavy atom. The van der Waals surface area contributed by atoms with E-state index in [1.807, 2.05) is 39.3 Å². The third kappa shape index (κ3) is 22.1. The maximum Gasteiger partial charge on any atom is 0.408 e. The number of ether oxygens (including phenoxy) is 9. The van der Waals surface area contributed by atoms with Gasteiger partial charge in [0.2, 0.25) is 11.8 Å². The third-order valence-electron chi connectivity index (χ3n) is 9.11. The lowest BCUT2D eigenvalue weighted by molar-refractivity contribution is -0.870. The van der Waals surface area contributed by atoms with Crippen molar-refractivity contribution in [1.82, 2.24) is 16.0 Å².